The molecule has 0 unspecified atom stereocenters. The smallest absolute Gasteiger partial charge is 0.143 e. The Labute approximate surface area is 307 Å². The molecule has 0 spiro atoms. The summed E-state index contributed by atoms with van der Waals surface area (Å²) in [5.41, 5.74) is 4.96. The Morgan fingerprint density at radius 3 is 1.65 bits per heavy atom. The molecule has 0 amide bonds. The third-order valence-corrected chi connectivity index (χ3v) is 10.1. The Hall–Kier alpha value is -6.70. The molecule has 1 aromatic heterocycles. The summed E-state index contributed by atoms with van der Waals surface area (Å²) in [4.78, 5) is 0. The molecule has 0 aliphatic carbocycles. The standard InChI is InChI=1S/C50H30O/c1-2-12-34-28-36(24-21-31(34)10-1)47-41-14-5-7-16-43(41)48(44-17-8-6-15-42(44)47)37-25-22-32-20-23-35(29-38(32)30-37)39-18-9-19-46-49(39)45-27-26-33-11-3-4-13-40(33)50(45)51-46/h1-30H/i3D,4D,9D,11D,13D,18D,19D,26D,27D. The van der Waals surface area contributed by atoms with Gasteiger partial charge in [0.15, 0.2) is 0 Å². The summed E-state index contributed by atoms with van der Waals surface area (Å²) in [5, 5.41) is 8.58. The lowest BCUT2D eigenvalue weighted by atomic mass is 9.85. The van der Waals surface area contributed by atoms with E-state index >= 15 is 0 Å². The monoisotopic (exact) mass is 655 g/mol. The van der Waals surface area contributed by atoms with Gasteiger partial charge >= 0.3 is 0 Å². The van der Waals surface area contributed by atoms with E-state index in [-0.39, 0.29) is 56.4 Å². The van der Waals surface area contributed by atoms with E-state index in [1.165, 1.54) is 10.8 Å². The van der Waals surface area contributed by atoms with Crippen molar-refractivity contribution in [3.05, 3.63) is 182 Å². The minimum absolute atomic E-state index is 0.0582. The zero-order valence-electron chi connectivity index (χ0n) is 36.0. The summed E-state index contributed by atoms with van der Waals surface area (Å²) in [6, 6.07) is 40.2. The number of hydrogen-bond donors (Lipinski definition) is 0. The van der Waals surface area contributed by atoms with Crippen molar-refractivity contribution in [1.82, 2.24) is 0 Å². The molecule has 11 rings (SSSR count). The average molecular weight is 656 g/mol. The molecule has 0 bridgehead atoms. The van der Waals surface area contributed by atoms with E-state index in [4.69, 9.17) is 15.4 Å². The van der Waals surface area contributed by atoms with Crippen molar-refractivity contribution in [3.63, 3.8) is 0 Å². The number of rotatable bonds is 3. The molecule has 0 saturated heterocycles. The van der Waals surface area contributed by atoms with E-state index in [0.29, 0.717) is 5.56 Å². The van der Waals surface area contributed by atoms with E-state index in [1.54, 1.807) is 0 Å². The topological polar surface area (TPSA) is 13.1 Å². The van der Waals surface area contributed by atoms with Crippen LogP contribution in [0.4, 0.5) is 0 Å². The first-order valence-electron chi connectivity index (χ1n) is 21.4. The molecule has 0 atom stereocenters. The number of hydrogen-bond acceptors (Lipinski definition) is 1. The maximum Gasteiger partial charge on any atom is 0.143 e. The second-order valence-corrected chi connectivity index (χ2v) is 12.9. The molecule has 0 saturated carbocycles. The van der Waals surface area contributed by atoms with Crippen molar-refractivity contribution in [2.24, 2.45) is 0 Å². The van der Waals surface area contributed by atoms with Crippen molar-refractivity contribution in [2.75, 3.05) is 0 Å². The molecule has 0 aliphatic heterocycles. The van der Waals surface area contributed by atoms with Crippen molar-refractivity contribution < 1.29 is 16.8 Å². The zero-order valence-corrected chi connectivity index (χ0v) is 27.0. The summed E-state index contributed by atoms with van der Waals surface area (Å²) in [6.07, 6.45) is 0. The van der Waals surface area contributed by atoms with E-state index in [9.17, 15) is 1.37 Å². The summed E-state index contributed by atoms with van der Waals surface area (Å²) >= 11 is 0. The predicted molar refractivity (Wildman–Crippen MR) is 218 cm³/mol. The van der Waals surface area contributed by atoms with Crippen molar-refractivity contribution >= 4 is 75.8 Å². The van der Waals surface area contributed by atoms with Gasteiger partial charge in [0.1, 0.15) is 11.2 Å². The summed E-state index contributed by atoms with van der Waals surface area (Å²) in [7, 11) is 0. The van der Waals surface area contributed by atoms with E-state index < -0.39 is 36.3 Å². The van der Waals surface area contributed by atoms with Crippen LogP contribution in [0.25, 0.3) is 109 Å². The Morgan fingerprint density at radius 2 is 0.941 bits per heavy atom. The highest BCUT2D eigenvalue weighted by Crippen LogP contribution is 2.45. The molecule has 236 valence electrons. The van der Waals surface area contributed by atoms with Gasteiger partial charge in [-0.15, -0.1) is 0 Å². The molecular formula is C50H30O. The third-order valence-electron chi connectivity index (χ3n) is 10.1. The SMILES string of the molecule is [2H]c1c([2H])c(-c2ccc3ccc(-c4c5ccccc5c(-c5ccc6ccccc6c5)c5ccccc45)cc3c2)c2c(oc3c4c([2H])c([2H])c([2H])c([2H])c4c([2H])c([2H])c32)c1[2H]. The quantitative estimate of drug-likeness (QED) is 0.173. The van der Waals surface area contributed by atoms with Crippen LogP contribution in [0.15, 0.2) is 186 Å². The lowest BCUT2D eigenvalue weighted by Crippen LogP contribution is -1.91. The van der Waals surface area contributed by atoms with Crippen LogP contribution >= 0.6 is 0 Å². The van der Waals surface area contributed by atoms with E-state index in [1.807, 2.05) is 18.2 Å². The minimum atomic E-state index is -0.531. The highest BCUT2D eigenvalue weighted by molar-refractivity contribution is 6.22. The Morgan fingerprint density at radius 1 is 0.373 bits per heavy atom. The van der Waals surface area contributed by atoms with Crippen LogP contribution in [0.5, 0.6) is 0 Å². The van der Waals surface area contributed by atoms with Gasteiger partial charge in [0.2, 0.25) is 0 Å². The largest absolute Gasteiger partial charge is 0.455 e. The molecule has 10 aromatic carbocycles. The first-order valence-corrected chi connectivity index (χ1v) is 16.9. The molecule has 0 aliphatic rings. The summed E-state index contributed by atoms with van der Waals surface area (Å²) < 4.78 is 85.1. The van der Waals surface area contributed by atoms with Crippen molar-refractivity contribution in [1.29, 1.82) is 0 Å². The van der Waals surface area contributed by atoms with Gasteiger partial charge in [0.25, 0.3) is 0 Å². The Kier molecular flexibility index (Phi) is 4.43. The fourth-order valence-corrected chi connectivity index (χ4v) is 7.84. The van der Waals surface area contributed by atoms with E-state index in [2.05, 4.69) is 109 Å². The fourth-order valence-electron chi connectivity index (χ4n) is 7.84. The molecule has 0 radical (unpaired) electrons. The first-order chi connectivity index (χ1) is 29.0. The van der Waals surface area contributed by atoms with Crippen molar-refractivity contribution in [2.45, 2.75) is 0 Å². The number of furan rings is 1. The van der Waals surface area contributed by atoms with Crippen LogP contribution in [0.2, 0.25) is 0 Å². The predicted octanol–water partition coefficient (Wildman–Crippen LogP) is 14.4. The van der Waals surface area contributed by atoms with Gasteiger partial charge in [-0.1, -0.05) is 151 Å². The second-order valence-electron chi connectivity index (χ2n) is 12.9. The third kappa shape index (κ3) is 4.28. The molecular weight excluding hydrogens is 617 g/mol. The molecule has 1 heteroatoms. The maximum absolute atomic E-state index is 9.22. The first kappa shape index (κ1) is 20.7. The molecule has 1 heterocycles. The molecule has 0 N–H and O–H groups in total. The van der Waals surface area contributed by atoms with Crippen LogP contribution in [-0.4, -0.2) is 0 Å². The second kappa shape index (κ2) is 10.9. The lowest BCUT2D eigenvalue weighted by molar-refractivity contribution is 0.673. The lowest BCUT2D eigenvalue weighted by Gasteiger charge is -2.18. The minimum Gasteiger partial charge on any atom is -0.455 e. The number of fused-ring (bicyclic) bond motifs is 9. The molecule has 51 heavy (non-hydrogen) atoms. The van der Waals surface area contributed by atoms with Gasteiger partial charge in [-0.2, -0.15) is 0 Å². The van der Waals surface area contributed by atoms with Crippen LogP contribution in [0, 0.1) is 0 Å². The Bertz CT molecular complexity index is 3660. The van der Waals surface area contributed by atoms with E-state index in [0.717, 1.165) is 54.6 Å². The average Bonchev–Trinajstić information content (AvgIpc) is 3.67. The van der Waals surface area contributed by atoms with Crippen molar-refractivity contribution in [3.8, 4) is 33.4 Å². The highest BCUT2D eigenvalue weighted by atomic mass is 16.3. The van der Waals surface area contributed by atoms with Crippen LogP contribution in [-0.2, 0) is 0 Å². The zero-order chi connectivity index (χ0) is 41.3. The van der Waals surface area contributed by atoms with Crippen LogP contribution < -0.4 is 0 Å². The number of benzene rings is 10. The maximum atomic E-state index is 9.22. The van der Waals surface area contributed by atoms with Gasteiger partial charge in [-0.3, -0.25) is 0 Å². The Balaban J connectivity index is 1.17. The normalized spacial score (nSPS) is 14.4. The summed E-state index contributed by atoms with van der Waals surface area (Å²) in [5.74, 6) is 0. The van der Waals surface area contributed by atoms with Gasteiger partial charge in [0, 0.05) is 16.2 Å². The molecule has 11 aromatic rings. The summed E-state index contributed by atoms with van der Waals surface area (Å²) in [6.45, 7) is 0. The van der Waals surface area contributed by atoms with Gasteiger partial charge in [0.05, 0.1) is 12.3 Å². The van der Waals surface area contributed by atoms with Crippen LogP contribution in [0.1, 0.15) is 12.3 Å². The molecule has 0 fully saturated rings. The van der Waals surface area contributed by atoms with Gasteiger partial charge in [-0.05, 0) is 112 Å². The fraction of sp³-hybridized carbons (Fsp3) is 0. The highest BCUT2D eigenvalue weighted by Gasteiger charge is 2.18. The van der Waals surface area contributed by atoms with Gasteiger partial charge < -0.3 is 4.42 Å². The molecule has 1 nitrogen and oxygen atoms in total. The van der Waals surface area contributed by atoms with Gasteiger partial charge in [-0.25, -0.2) is 0 Å². The van der Waals surface area contributed by atoms with Crippen LogP contribution in [0.3, 0.4) is 0 Å².